The molecular weight excluding hydrogens is 248 g/mol. The number of benzene rings is 1. The summed E-state index contributed by atoms with van der Waals surface area (Å²) < 4.78 is 5.75. The molecular formula is C17H22N2O. The van der Waals surface area contributed by atoms with Crippen LogP contribution in [-0.4, -0.2) is 10.5 Å². The minimum absolute atomic E-state index is 0.128. The second-order valence-electron chi connectivity index (χ2n) is 5.98. The molecule has 20 heavy (non-hydrogen) atoms. The fourth-order valence-corrected chi connectivity index (χ4v) is 1.69. The average molecular weight is 270 g/mol. The lowest BCUT2D eigenvalue weighted by Crippen LogP contribution is -2.34. The summed E-state index contributed by atoms with van der Waals surface area (Å²) in [4.78, 5) is 4.21. The highest BCUT2D eigenvalue weighted by Gasteiger charge is 2.08. The van der Waals surface area contributed by atoms with Crippen LogP contribution >= 0.6 is 0 Å². The Morgan fingerprint density at radius 1 is 1.00 bits per heavy atom. The Kier molecular flexibility index (Phi) is 4.40. The first-order valence-corrected chi connectivity index (χ1v) is 6.87. The number of nitrogens with one attached hydrogen (secondary N) is 1. The lowest BCUT2D eigenvalue weighted by atomic mass is 10.1. The molecule has 1 aromatic heterocycles. The Morgan fingerprint density at radius 3 is 2.20 bits per heavy atom. The van der Waals surface area contributed by atoms with Crippen molar-refractivity contribution in [2.24, 2.45) is 0 Å². The van der Waals surface area contributed by atoms with E-state index in [2.05, 4.69) is 43.2 Å². The minimum Gasteiger partial charge on any atom is -0.456 e. The molecule has 0 radical (unpaired) electrons. The molecule has 3 nitrogen and oxygen atoms in total. The molecule has 0 unspecified atom stereocenters. The summed E-state index contributed by atoms with van der Waals surface area (Å²) in [5.74, 6) is 1.59. The Balaban J connectivity index is 1.96. The van der Waals surface area contributed by atoms with E-state index in [0.717, 1.165) is 23.7 Å². The Morgan fingerprint density at radius 2 is 1.65 bits per heavy atom. The number of pyridine rings is 1. The molecule has 106 valence electrons. The van der Waals surface area contributed by atoms with E-state index in [9.17, 15) is 0 Å². The van der Waals surface area contributed by atoms with Gasteiger partial charge in [0.05, 0.1) is 6.20 Å². The van der Waals surface area contributed by atoms with Crippen LogP contribution in [0.4, 0.5) is 0 Å². The van der Waals surface area contributed by atoms with Crippen molar-refractivity contribution >= 4 is 0 Å². The van der Waals surface area contributed by atoms with Gasteiger partial charge in [-0.2, -0.15) is 0 Å². The van der Waals surface area contributed by atoms with Crippen molar-refractivity contribution in [3.8, 4) is 11.5 Å². The SMILES string of the molecule is Cc1ccc(Oc2ccc(CNC(C)(C)C)cc2)cn1. The van der Waals surface area contributed by atoms with Crippen molar-refractivity contribution in [2.75, 3.05) is 0 Å². The molecule has 1 heterocycles. The molecule has 0 atom stereocenters. The standard InChI is InChI=1S/C17H22N2O/c1-13-5-8-16(12-18-13)20-15-9-6-14(7-10-15)11-19-17(2,3)4/h5-10,12,19H,11H2,1-4H3. The van der Waals surface area contributed by atoms with Gasteiger partial charge in [-0.25, -0.2) is 0 Å². The van der Waals surface area contributed by atoms with E-state index in [1.165, 1.54) is 5.56 Å². The highest BCUT2D eigenvalue weighted by Crippen LogP contribution is 2.21. The second-order valence-corrected chi connectivity index (χ2v) is 5.98. The average Bonchev–Trinajstić information content (AvgIpc) is 2.40. The summed E-state index contributed by atoms with van der Waals surface area (Å²) in [7, 11) is 0. The number of aryl methyl sites for hydroxylation is 1. The van der Waals surface area contributed by atoms with Gasteiger partial charge in [0.2, 0.25) is 0 Å². The van der Waals surface area contributed by atoms with Gasteiger partial charge in [0, 0.05) is 17.8 Å². The van der Waals surface area contributed by atoms with Gasteiger partial charge in [0.1, 0.15) is 11.5 Å². The summed E-state index contributed by atoms with van der Waals surface area (Å²) in [6.07, 6.45) is 1.74. The van der Waals surface area contributed by atoms with Crippen LogP contribution in [-0.2, 0) is 6.54 Å². The molecule has 0 aliphatic rings. The Bertz CT molecular complexity index is 539. The summed E-state index contributed by atoms with van der Waals surface area (Å²) in [5, 5.41) is 3.46. The molecule has 0 saturated heterocycles. The fraction of sp³-hybridized carbons (Fsp3) is 0.353. The van der Waals surface area contributed by atoms with Crippen molar-refractivity contribution in [3.05, 3.63) is 53.9 Å². The quantitative estimate of drug-likeness (QED) is 0.909. The first-order valence-electron chi connectivity index (χ1n) is 6.87. The predicted molar refractivity (Wildman–Crippen MR) is 82.1 cm³/mol. The number of hydrogen-bond donors (Lipinski definition) is 1. The maximum Gasteiger partial charge on any atom is 0.145 e. The van der Waals surface area contributed by atoms with Gasteiger partial charge in [0.15, 0.2) is 0 Å². The number of ether oxygens (including phenoxy) is 1. The van der Waals surface area contributed by atoms with E-state index in [1.807, 2.05) is 31.2 Å². The molecule has 3 heteroatoms. The van der Waals surface area contributed by atoms with E-state index in [4.69, 9.17) is 4.74 Å². The molecule has 2 aromatic rings. The molecule has 0 saturated carbocycles. The maximum absolute atomic E-state index is 5.75. The highest BCUT2D eigenvalue weighted by molar-refractivity contribution is 5.32. The summed E-state index contributed by atoms with van der Waals surface area (Å²) >= 11 is 0. The molecule has 2 rings (SSSR count). The zero-order valence-electron chi connectivity index (χ0n) is 12.6. The smallest absolute Gasteiger partial charge is 0.145 e. The normalized spacial score (nSPS) is 11.4. The van der Waals surface area contributed by atoms with Crippen LogP contribution in [0.1, 0.15) is 32.0 Å². The summed E-state index contributed by atoms with van der Waals surface area (Å²) in [5.41, 5.74) is 2.36. The first kappa shape index (κ1) is 14.5. The first-order chi connectivity index (χ1) is 9.42. The lowest BCUT2D eigenvalue weighted by molar-refractivity contribution is 0.424. The van der Waals surface area contributed by atoms with Crippen LogP contribution in [0.25, 0.3) is 0 Å². The van der Waals surface area contributed by atoms with Crippen molar-refractivity contribution < 1.29 is 4.74 Å². The molecule has 0 spiro atoms. The van der Waals surface area contributed by atoms with Crippen LogP contribution in [0.5, 0.6) is 11.5 Å². The van der Waals surface area contributed by atoms with Gasteiger partial charge in [-0.3, -0.25) is 4.98 Å². The second kappa shape index (κ2) is 6.06. The number of rotatable bonds is 4. The van der Waals surface area contributed by atoms with Crippen molar-refractivity contribution in [1.29, 1.82) is 0 Å². The molecule has 1 aromatic carbocycles. The predicted octanol–water partition coefficient (Wildman–Crippen LogP) is 4.07. The molecule has 0 aliphatic heterocycles. The van der Waals surface area contributed by atoms with E-state index in [0.29, 0.717) is 0 Å². The number of hydrogen-bond acceptors (Lipinski definition) is 3. The number of nitrogens with zero attached hydrogens (tertiary/aromatic N) is 1. The van der Waals surface area contributed by atoms with Crippen LogP contribution in [0.15, 0.2) is 42.6 Å². The van der Waals surface area contributed by atoms with E-state index in [1.54, 1.807) is 6.20 Å². The lowest BCUT2D eigenvalue weighted by Gasteiger charge is -2.20. The monoisotopic (exact) mass is 270 g/mol. The maximum atomic E-state index is 5.75. The van der Waals surface area contributed by atoms with E-state index < -0.39 is 0 Å². The third kappa shape index (κ3) is 4.67. The molecule has 1 N–H and O–H groups in total. The van der Waals surface area contributed by atoms with Gasteiger partial charge in [-0.05, 0) is 57.5 Å². The van der Waals surface area contributed by atoms with Crippen LogP contribution in [0, 0.1) is 6.92 Å². The van der Waals surface area contributed by atoms with Gasteiger partial charge in [-0.15, -0.1) is 0 Å². The highest BCUT2D eigenvalue weighted by atomic mass is 16.5. The summed E-state index contributed by atoms with van der Waals surface area (Å²) in [6.45, 7) is 9.30. The zero-order valence-corrected chi connectivity index (χ0v) is 12.6. The Hall–Kier alpha value is -1.87. The molecule has 0 amide bonds. The van der Waals surface area contributed by atoms with Crippen molar-refractivity contribution in [1.82, 2.24) is 10.3 Å². The zero-order chi connectivity index (χ0) is 14.6. The van der Waals surface area contributed by atoms with E-state index >= 15 is 0 Å². The van der Waals surface area contributed by atoms with Crippen LogP contribution < -0.4 is 10.1 Å². The third-order valence-corrected chi connectivity index (χ3v) is 2.87. The van der Waals surface area contributed by atoms with Gasteiger partial charge in [0.25, 0.3) is 0 Å². The van der Waals surface area contributed by atoms with Crippen molar-refractivity contribution in [2.45, 2.75) is 39.8 Å². The van der Waals surface area contributed by atoms with Gasteiger partial charge >= 0.3 is 0 Å². The summed E-state index contributed by atoms with van der Waals surface area (Å²) in [6, 6.07) is 12.0. The minimum atomic E-state index is 0.128. The van der Waals surface area contributed by atoms with Crippen molar-refractivity contribution in [3.63, 3.8) is 0 Å². The fourth-order valence-electron chi connectivity index (χ4n) is 1.69. The Labute approximate surface area is 121 Å². The molecule has 0 bridgehead atoms. The molecule has 0 aliphatic carbocycles. The van der Waals surface area contributed by atoms with Gasteiger partial charge in [-0.1, -0.05) is 12.1 Å². The van der Waals surface area contributed by atoms with Gasteiger partial charge < -0.3 is 10.1 Å². The van der Waals surface area contributed by atoms with E-state index in [-0.39, 0.29) is 5.54 Å². The largest absolute Gasteiger partial charge is 0.456 e. The third-order valence-electron chi connectivity index (χ3n) is 2.87. The topological polar surface area (TPSA) is 34.1 Å². The van der Waals surface area contributed by atoms with Crippen LogP contribution in [0.2, 0.25) is 0 Å². The molecule has 0 fully saturated rings. The van der Waals surface area contributed by atoms with Crippen LogP contribution in [0.3, 0.4) is 0 Å². The number of aromatic nitrogens is 1.